The Hall–Kier alpha value is -2.18. The van der Waals surface area contributed by atoms with E-state index in [4.69, 9.17) is 0 Å². The lowest BCUT2D eigenvalue weighted by Crippen LogP contribution is -2.13. The number of thioether (sulfide) groups is 1. The molecule has 1 N–H and O–H groups in total. The number of aromatic nitrogens is 2. The third-order valence-corrected chi connectivity index (χ3v) is 4.86. The second-order valence-corrected chi connectivity index (χ2v) is 6.48. The predicted octanol–water partition coefficient (Wildman–Crippen LogP) is 3.94. The van der Waals surface area contributed by atoms with Gasteiger partial charge in [0.15, 0.2) is 0 Å². The molecule has 22 heavy (non-hydrogen) atoms. The van der Waals surface area contributed by atoms with Gasteiger partial charge < -0.3 is 5.32 Å². The Labute approximate surface area is 136 Å². The van der Waals surface area contributed by atoms with Gasteiger partial charge in [0.1, 0.15) is 9.90 Å². The molecule has 4 nitrogen and oxygen atoms in total. The molecule has 3 aromatic rings. The number of hydrogen-bond acceptors (Lipinski definition) is 5. The van der Waals surface area contributed by atoms with E-state index >= 15 is 0 Å². The van der Waals surface area contributed by atoms with Crippen molar-refractivity contribution in [2.75, 3.05) is 11.1 Å². The fourth-order valence-corrected chi connectivity index (χ4v) is 3.46. The summed E-state index contributed by atoms with van der Waals surface area (Å²) in [6.07, 6.45) is 0. The number of benzene rings is 2. The van der Waals surface area contributed by atoms with Crippen LogP contribution < -0.4 is 5.32 Å². The van der Waals surface area contributed by atoms with Gasteiger partial charge in [-0.3, -0.25) is 4.79 Å². The maximum atomic E-state index is 12.0. The molecule has 1 aromatic heterocycles. The molecule has 0 radical (unpaired) electrons. The summed E-state index contributed by atoms with van der Waals surface area (Å²) in [5.41, 5.74) is 2.66. The molecule has 1 heterocycles. The van der Waals surface area contributed by atoms with Crippen molar-refractivity contribution in [2.45, 2.75) is 4.21 Å². The van der Waals surface area contributed by atoms with Crippen LogP contribution in [0.25, 0.3) is 11.3 Å². The molecule has 0 fully saturated rings. The Morgan fingerprint density at radius 1 is 1.05 bits per heavy atom. The molecule has 0 atom stereocenters. The minimum absolute atomic E-state index is 0.0383. The highest BCUT2D eigenvalue weighted by Gasteiger charge is 2.12. The number of carbonyl (C=O) groups excluding carboxylic acids is 1. The first-order valence-corrected chi connectivity index (χ1v) is 8.44. The Balaban J connectivity index is 1.63. The summed E-state index contributed by atoms with van der Waals surface area (Å²) in [6.45, 7) is 0. The molecule has 0 bridgehead atoms. The summed E-state index contributed by atoms with van der Waals surface area (Å²) in [5, 5.41) is 7.03. The Bertz CT molecular complexity index is 744. The normalized spacial score (nSPS) is 10.4. The van der Waals surface area contributed by atoms with E-state index in [9.17, 15) is 4.79 Å². The van der Waals surface area contributed by atoms with Crippen molar-refractivity contribution in [3.63, 3.8) is 0 Å². The standard InChI is InChI=1S/C16H13N3OS2/c20-14(17-13-9-5-2-6-10-13)11-21-16-15(18-19-22-16)12-7-3-1-4-8-12/h1-10H,11H2,(H,17,20). The average Bonchev–Trinajstić information content (AvgIpc) is 3.03. The molecule has 6 heteroatoms. The van der Waals surface area contributed by atoms with Crippen molar-refractivity contribution < 1.29 is 4.79 Å². The van der Waals surface area contributed by atoms with E-state index in [0.717, 1.165) is 21.2 Å². The van der Waals surface area contributed by atoms with Gasteiger partial charge in [0.05, 0.1) is 5.75 Å². The highest BCUT2D eigenvalue weighted by atomic mass is 32.2. The average molecular weight is 327 g/mol. The molecule has 2 aromatic carbocycles. The van der Waals surface area contributed by atoms with Crippen LogP contribution in [0.2, 0.25) is 0 Å². The van der Waals surface area contributed by atoms with Crippen molar-refractivity contribution >= 4 is 34.9 Å². The third kappa shape index (κ3) is 3.72. The second-order valence-electron chi connectivity index (χ2n) is 4.48. The first-order valence-electron chi connectivity index (χ1n) is 6.68. The van der Waals surface area contributed by atoms with Crippen LogP contribution in [0.4, 0.5) is 5.69 Å². The van der Waals surface area contributed by atoms with Crippen LogP contribution in [0, 0.1) is 0 Å². The molecule has 1 amide bonds. The fraction of sp³-hybridized carbons (Fsp3) is 0.0625. The molecule has 0 aliphatic carbocycles. The lowest BCUT2D eigenvalue weighted by Gasteiger charge is -2.04. The monoisotopic (exact) mass is 327 g/mol. The summed E-state index contributed by atoms with van der Waals surface area (Å²) in [5.74, 6) is 0.294. The number of carbonyl (C=O) groups is 1. The van der Waals surface area contributed by atoms with Gasteiger partial charge in [-0.05, 0) is 23.7 Å². The van der Waals surface area contributed by atoms with Crippen LogP contribution >= 0.6 is 23.3 Å². The number of hydrogen-bond donors (Lipinski definition) is 1. The van der Waals surface area contributed by atoms with Gasteiger partial charge in [-0.2, -0.15) is 0 Å². The molecule has 110 valence electrons. The van der Waals surface area contributed by atoms with Crippen molar-refractivity contribution in [3.8, 4) is 11.3 Å². The zero-order valence-electron chi connectivity index (χ0n) is 11.6. The molecule has 0 aliphatic rings. The summed E-state index contributed by atoms with van der Waals surface area (Å²) in [7, 11) is 0. The van der Waals surface area contributed by atoms with E-state index in [2.05, 4.69) is 14.9 Å². The summed E-state index contributed by atoms with van der Waals surface area (Å²) >= 11 is 2.77. The van der Waals surface area contributed by atoms with Crippen LogP contribution in [0.3, 0.4) is 0 Å². The number of para-hydroxylation sites is 1. The molecule has 0 unspecified atom stereocenters. The van der Waals surface area contributed by atoms with E-state index in [1.165, 1.54) is 23.3 Å². The molecule has 0 saturated carbocycles. The van der Waals surface area contributed by atoms with E-state index in [1.807, 2.05) is 60.7 Å². The second kappa shape index (κ2) is 7.20. The van der Waals surface area contributed by atoms with Gasteiger partial charge in [0.25, 0.3) is 0 Å². The number of nitrogens with one attached hydrogen (secondary N) is 1. The predicted molar refractivity (Wildman–Crippen MR) is 91.1 cm³/mol. The molecular formula is C16H13N3OS2. The van der Waals surface area contributed by atoms with Gasteiger partial charge in [-0.25, -0.2) is 0 Å². The van der Waals surface area contributed by atoms with Gasteiger partial charge in [-0.1, -0.05) is 53.0 Å². The Kier molecular flexibility index (Phi) is 4.82. The largest absolute Gasteiger partial charge is 0.325 e. The van der Waals surface area contributed by atoms with Crippen molar-refractivity contribution in [2.24, 2.45) is 0 Å². The highest BCUT2D eigenvalue weighted by molar-refractivity contribution is 8.01. The lowest BCUT2D eigenvalue weighted by atomic mass is 10.2. The number of rotatable bonds is 5. The van der Waals surface area contributed by atoms with Crippen LogP contribution in [-0.4, -0.2) is 21.2 Å². The molecule has 3 rings (SSSR count). The zero-order valence-corrected chi connectivity index (χ0v) is 13.2. The zero-order chi connectivity index (χ0) is 15.2. The van der Waals surface area contributed by atoms with Gasteiger partial charge in [0, 0.05) is 11.3 Å². The van der Waals surface area contributed by atoms with E-state index in [-0.39, 0.29) is 5.91 Å². The van der Waals surface area contributed by atoms with E-state index in [1.54, 1.807) is 0 Å². The highest BCUT2D eigenvalue weighted by Crippen LogP contribution is 2.32. The maximum Gasteiger partial charge on any atom is 0.234 e. The molecule has 0 spiro atoms. The Morgan fingerprint density at radius 2 is 1.73 bits per heavy atom. The number of anilines is 1. The van der Waals surface area contributed by atoms with Crippen LogP contribution in [-0.2, 0) is 4.79 Å². The lowest BCUT2D eigenvalue weighted by molar-refractivity contribution is -0.113. The quantitative estimate of drug-likeness (QED) is 0.721. The molecular weight excluding hydrogens is 314 g/mol. The summed E-state index contributed by atoms with van der Waals surface area (Å²) < 4.78 is 4.95. The van der Waals surface area contributed by atoms with Gasteiger partial charge >= 0.3 is 0 Å². The Morgan fingerprint density at radius 3 is 2.45 bits per heavy atom. The minimum Gasteiger partial charge on any atom is -0.325 e. The molecule has 0 aliphatic heterocycles. The van der Waals surface area contributed by atoms with Gasteiger partial charge in [-0.15, -0.1) is 16.9 Å². The maximum absolute atomic E-state index is 12.0. The van der Waals surface area contributed by atoms with Crippen molar-refractivity contribution in [1.82, 2.24) is 9.59 Å². The van der Waals surface area contributed by atoms with E-state index < -0.39 is 0 Å². The fourth-order valence-electron chi connectivity index (χ4n) is 1.90. The van der Waals surface area contributed by atoms with Crippen LogP contribution in [0.15, 0.2) is 64.9 Å². The summed E-state index contributed by atoms with van der Waals surface area (Å²) in [4.78, 5) is 12.0. The number of nitrogens with zero attached hydrogens (tertiary/aromatic N) is 2. The third-order valence-electron chi connectivity index (χ3n) is 2.90. The first-order chi connectivity index (χ1) is 10.8. The molecule has 0 saturated heterocycles. The van der Waals surface area contributed by atoms with Gasteiger partial charge in [0.2, 0.25) is 5.91 Å². The minimum atomic E-state index is -0.0383. The van der Waals surface area contributed by atoms with E-state index in [0.29, 0.717) is 5.75 Å². The SMILES string of the molecule is O=C(CSc1snnc1-c1ccccc1)Nc1ccccc1. The number of amides is 1. The first kappa shape index (κ1) is 14.7. The topological polar surface area (TPSA) is 54.9 Å². The van der Waals surface area contributed by atoms with Crippen LogP contribution in [0.5, 0.6) is 0 Å². The van der Waals surface area contributed by atoms with Crippen molar-refractivity contribution in [1.29, 1.82) is 0 Å². The van der Waals surface area contributed by atoms with Crippen molar-refractivity contribution in [3.05, 3.63) is 60.7 Å². The summed E-state index contributed by atoms with van der Waals surface area (Å²) in [6, 6.07) is 19.3. The smallest absolute Gasteiger partial charge is 0.234 e. The van der Waals surface area contributed by atoms with Crippen LogP contribution in [0.1, 0.15) is 0 Å².